The molecule has 0 bridgehead atoms. The lowest BCUT2D eigenvalue weighted by molar-refractivity contribution is -0.145. The van der Waals surface area contributed by atoms with Crippen LogP contribution in [-0.4, -0.2) is 32.8 Å². The molecule has 0 heterocycles. The molecule has 0 aromatic heterocycles. The average molecular weight is 274 g/mol. The number of methoxy groups -OCH3 is 1. The molecule has 3 atom stereocenters. The van der Waals surface area contributed by atoms with Gasteiger partial charge in [0.2, 0.25) is 10.0 Å². The minimum absolute atomic E-state index is 0.106. The number of sulfonamides is 1. The highest BCUT2D eigenvalue weighted by Gasteiger charge is 2.42. The highest BCUT2D eigenvalue weighted by atomic mass is 32.2. The van der Waals surface area contributed by atoms with Crippen LogP contribution in [0.15, 0.2) is 0 Å². The number of carbonyl (C=O) groups is 1. The van der Waals surface area contributed by atoms with Gasteiger partial charge in [-0.2, -0.15) is 5.26 Å². The first kappa shape index (κ1) is 14.9. The van der Waals surface area contributed by atoms with E-state index in [1.54, 1.807) is 6.92 Å². The molecule has 18 heavy (non-hydrogen) atoms. The van der Waals surface area contributed by atoms with Crippen LogP contribution in [0.1, 0.15) is 32.6 Å². The number of nitriles is 1. The number of hydrogen-bond donors (Lipinski definition) is 1. The van der Waals surface area contributed by atoms with Crippen LogP contribution in [0.25, 0.3) is 0 Å². The van der Waals surface area contributed by atoms with Crippen molar-refractivity contribution in [2.24, 2.45) is 5.92 Å². The first-order chi connectivity index (χ1) is 8.42. The molecular weight excluding hydrogens is 256 g/mol. The summed E-state index contributed by atoms with van der Waals surface area (Å²) in [6.45, 7) is 1.63. The second kappa shape index (κ2) is 6.16. The van der Waals surface area contributed by atoms with Crippen molar-refractivity contribution in [3.63, 3.8) is 0 Å². The lowest BCUT2D eigenvalue weighted by Gasteiger charge is -2.20. The summed E-state index contributed by atoms with van der Waals surface area (Å²) in [7, 11) is -2.33. The van der Waals surface area contributed by atoms with Crippen molar-refractivity contribution in [2.75, 3.05) is 7.11 Å². The smallest absolute Gasteiger partial charge is 0.310 e. The fourth-order valence-electron chi connectivity index (χ4n) is 2.26. The zero-order chi connectivity index (χ0) is 13.8. The van der Waals surface area contributed by atoms with Gasteiger partial charge in [0.15, 0.2) is 0 Å². The van der Waals surface area contributed by atoms with Gasteiger partial charge in [0.05, 0.1) is 30.8 Å². The van der Waals surface area contributed by atoms with Gasteiger partial charge in [-0.3, -0.25) is 4.79 Å². The molecule has 0 saturated heterocycles. The van der Waals surface area contributed by atoms with Crippen LogP contribution in [0.2, 0.25) is 0 Å². The third kappa shape index (κ3) is 3.43. The molecule has 0 spiro atoms. The fraction of sp³-hybridized carbons (Fsp3) is 0.818. The molecular formula is C11H18N2O4S. The first-order valence-corrected chi connectivity index (χ1v) is 7.43. The normalized spacial score (nSPS) is 25.4. The molecule has 1 saturated carbocycles. The Kier molecular flexibility index (Phi) is 5.11. The molecule has 1 N–H and O–H groups in total. The molecule has 1 aliphatic carbocycles. The van der Waals surface area contributed by atoms with Gasteiger partial charge >= 0.3 is 5.97 Å². The molecule has 3 unspecified atom stereocenters. The van der Waals surface area contributed by atoms with E-state index < -0.39 is 33.2 Å². The second-order valence-electron chi connectivity index (χ2n) is 4.53. The predicted octanol–water partition coefficient (Wildman–Crippen LogP) is 0.550. The summed E-state index contributed by atoms with van der Waals surface area (Å²) < 4.78 is 31.3. The van der Waals surface area contributed by atoms with E-state index in [0.717, 1.165) is 0 Å². The molecule has 1 fully saturated rings. The Bertz CT molecular complexity index is 440. The third-order valence-electron chi connectivity index (χ3n) is 3.12. The Labute approximate surface area is 107 Å². The Balaban J connectivity index is 2.78. The number of carbonyl (C=O) groups excluding carboxylic acids is 1. The number of nitrogens with zero attached hydrogens (tertiary/aromatic N) is 1. The number of hydrogen-bond acceptors (Lipinski definition) is 5. The van der Waals surface area contributed by atoms with Gasteiger partial charge in [-0.25, -0.2) is 13.1 Å². The zero-order valence-electron chi connectivity index (χ0n) is 10.5. The van der Waals surface area contributed by atoms with Crippen LogP contribution in [0, 0.1) is 17.2 Å². The van der Waals surface area contributed by atoms with E-state index in [0.29, 0.717) is 19.3 Å². The van der Waals surface area contributed by atoms with Gasteiger partial charge in [-0.1, -0.05) is 6.42 Å². The third-order valence-corrected chi connectivity index (χ3v) is 5.21. The molecule has 0 aliphatic heterocycles. The van der Waals surface area contributed by atoms with Crippen LogP contribution in [0.3, 0.4) is 0 Å². The summed E-state index contributed by atoms with van der Waals surface area (Å²) >= 11 is 0. The fourth-order valence-corrected chi connectivity index (χ4v) is 4.24. The van der Waals surface area contributed by atoms with Crippen molar-refractivity contribution in [3.05, 3.63) is 0 Å². The molecule has 102 valence electrons. The predicted molar refractivity (Wildman–Crippen MR) is 64.9 cm³/mol. The van der Waals surface area contributed by atoms with Gasteiger partial charge in [0, 0.05) is 6.04 Å². The van der Waals surface area contributed by atoms with Crippen molar-refractivity contribution < 1.29 is 17.9 Å². The molecule has 0 radical (unpaired) electrons. The molecule has 6 nitrogen and oxygen atoms in total. The SMILES string of the molecule is COC(=O)C1CCCC1S(=O)(=O)NC(C)CC#N. The number of rotatable bonds is 5. The number of esters is 1. The van der Waals surface area contributed by atoms with Crippen LogP contribution in [0.5, 0.6) is 0 Å². The summed E-state index contributed by atoms with van der Waals surface area (Å²) in [5.74, 6) is -1.07. The molecule has 0 amide bonds. The quantitative estimate of drug-likeness (QED) is 0.738. The van der Waals surface area contributed by atoms with Crippen molar-refractivity contribution in [3.8, 4) is 6.07 Å². The van der Waals surface area contributed by atoms with Gasteiger partial charge in [-0.15, -0.1) is 0 Å². The van der Waals surface area contributed by atoms with Crippen molar-refractivity contribution >= 4 is 16.0 Å². The molecule has 1 rings (SSSR count). The molecule has 1 aliphatic rings. The topological polar surface area (TPSA) is 96.3 Å². The highest BCUT2D eigenvalue weighted by Crippen LogP contribution is 2.31. The van der Waals surface area contributed by atoms with E-state index in [-0.39, 0.29) is 6.42 Å². The Morgan fingerprint density at radius 1 is 1.56 bits per heavy atom. The van der Waals surface area contributed by atoms with Crippen molar-refractivity contribution in [1.29, 1.82) is 5.26 Å². The maximum atomic E-state index is 12.1. The summed E-state index contributed by atoms with van der Waals surface area (Å²) in [5.41, 5.74) is 0. The zero-order valence-corrected chi connectivity index (χ0v) is 11.4. The summed E-state index contributed by atoms with van der Waals surface area (Å²) in [5, 5.41) is 7.77. The maximum absolute atomic E-state index is 12.1. The Morgan fingerprint density at radius 3 is 2.78 bits per heavy atom. The Morgan fingerprint density at radius 2 is 2.22 bits per heavy atom. The van der Waals surface area contributed by atoms with E-state index in [4.69, 9.17) is 5.26 Å². The van der Waals surface area contributed by atoms with Crippen molar-refractivity contribution in [1.82, 2.24) is 4.72 Å². The lowest BCUT2D eigenvalue weighted by Crippen LogP contribution is -2.43. The first-order valence-electron chi connectivity index (χ1n) is 5.88. The molecule has 0 aromatic carbocycles. The van der Waals surface area contributed by atoms with Crippen LogP contribution in [-0.2, 0) is 19.6 Å². The van der Waals surface area contributed by atoms with Gasteiger partial charge in [0.1, 0.15) is 0 Å². The van der Waals surface area contributed by atoms with E-state index in [2.05, 4.69) is 9.46 Å². The summed E-state index contributed by atoms with van der Waals surface area (Å²) in [6.07, 6.45) is 1.78. The van der Waals surface area contributed by atoms with Crippen LogP contribution < -0.4 is 4.72 Å². The van der Waals surface area contributed by atoms with Crippen molar-refractivity contribution in [2.45, 2.75) is 43.9 Å². The molecule has 0 aromatic rings. The standard InChI is InChI=1S/C11H18N2O4S/c1-8(6-7-12)13-18(15,16)10-5-3-4-9(10)11(14)17-2/h8-10,13H,3-6H2,1-2H3. The van der Waals surface area contributed by atoms with Crippen LogP contribution in [0.4, 0.5) is 0 Å². The summed E-state index contributed by atoms with van der Waals surface area (Å²) in [6, 6.07) is 1.46. The van der Waals surface area contributed by atoms with Gasteiger partial charge < -0.3 is 4.74 Å². The summed E-state index contributed by atoms with van der Waals surface area (Å²) in [4.78, 5) is 11.5. The van der Waals surface area contributed by atoms with E-state index in [1.807, 2.05) is 6.07 Å². The minimum Gasteiger partial charge on any atom is -0.469 e. The van der Waals surface area contributed by atoms with Crippen LogP contribution >= 0.6 is 0 Å². The number of ether oxygens (including phenoxy) is 1. The van der Waals surface area contributed by atoms with E-state index >= 15 is 0 Å². The highest BCUT2D eigenvalue weighted by molar-refractivity contribution is 7.90. The monoisotopic (exact) mass is 274 g/mol. The minimum atomic E-state index is -3.59. The van der Waals surface area contributed by atoms with E-state index in [1.165, 1.54) is 7.11 Å². The average Bonchev–Trinajstić information content (AvgIpc) is 2.77. The Hall–Kier alpha value is -1.13. The van der Waals surface area contributed by atoms with E-state index in [9.17, 15) is 13.2 Å². The maximum Gasteiger partial charge on any atom is 0.310 e. The lowest BCUT2D eigenvalue weighted by atomic mass is 10.1. The van der Waals surface area contributed by atoms with Gasteiger partial charge in [0.25, 0.3) is 0 Å². The largest absolute Gasteiger partial charge is 0.469 e. The molecule has 7 heteroatoms. The van der Waals surface area contributed by atoms with Gasteiger partial charge in [-0.05, 0) is 19.8 Å². The second-order valence-corrected chi connectivity index (χ2v) is 6.46. The number of nitrogens with one attached hydrogen (secondary N) is 1.